The Hall–Kier alpha value is -3.30. The first-order chi connectivity index (χ1) is 13.6. The number of aliphatic hydroxyl groups excluding tert-OH is 1. The SMILES string of the molecule is O=[N+]([O-])c1ccccc1C(O)CSc1nnnn1-c1cccc2ccccc12. The van der Waals surface area contributed by atoms with E-state index in [0.29, 0.717) is 5.16 Å². The number of hydrogen-bond donors (Lipinski definition) is 1. The van der Waals surface area contributed by atoms with Crippen molar-refractivity contribution in [2.75, 3.05) is 5.75 Å². The number of fused-ring (bicyclic) bond motifs is 1. The van der Waals surface area contributed by atoms with Crippen molar-refractivity contribution in [3.05, 3.63) is 82.4 Å². The van der Waals surface area contributed by atoms with Crippen LogP contribution < -0.4 is 0 Å². The van der Waals surface area contributed by atoms with Crippen LogP contribution in [0.4, 0.5) is 5.69 Å². The van der Waals surface area contributed by atoms with Gasteiger partial charge in [0.15, 0.2) is 0 Å². The number of rotatable bonds is 6. The van der Waals surface area contributed by atoms with E-state index >= 15 is 0 Å². The minimum Gasteiger partial charge on any atom is -0.387 e. The van der Waals surface area contributed by atoms with Crippen molar-refractivity contribution in [3.63, 3.8) is 0 Å². The normalized spacial score (nSPS) is 12.2. The van der Waals surface area contributed by atoms with Gasteiger partial charge in [0.25, 0.3) is 5.69 Å². The van der Waals surface area contributed by atoms with Crippen molar-refractivity contribution in [1.82, 2.24) is 20.2 Å². The Morgan fingerprint density at radius 2 is 1.82 bits per heavy atom. The molecule has 0 radical (unpaired) electrons. The lowest BCUT2D eigenvalue weighted by Crippen LogP contribution is -2.06. The number of hydrogen-bond acceptors (Lipinski definition) is 7. The third kappa shape index (κ3) is 3.45. The highest BCUT2D eigenvalue weighted by molar-refractivity contribution is 7.99. The molecule has 3 aromatic carbocycles. The zero-order chi connectivity index (χ0) is 19.5. The van der Waals surface area contributed by atoms with Gasteiger partial charge >= 0.3 is 0 Å². The smallest absolute Gasteiger partial charge is 0.275 e. The highest BCUT2D eigenvalue weighted by Gasteiger charge is 2.21. The quantitative estimate of drug-likeness (QED) is 0.303. The van der Waals surface area contributed by atoms with E-state index in [0.717, 1.165) is 16.5 Å². The topological polar surface area (TPSA) is 107 Å². The predicted molar refractivity (Wildman–Crippen MR) is 105 cm³/mol. The molecule has 0 amide bonds. The third-order valence-electron chi connectivity index (χ3n) is 4.30. The number of nitrogens with zero attached hydrogens (tertiary/aromatic N) is 5. The molecule has 8 nitrogen and oxygen atoms in total. The molecule has 0 aliphatic rings. The second-order valence-electron chi connectivity index (χ2n) is 6.01. The highest BCUT2D eigenvalue weighted by Crippen LogP contribution is 2.30. The second-order valence-corrected chi connectivity index (χ2v) is 7.00. The van der Waals surface area contributed by atoms with Gasteiger partial charge < -0.3 is 5.11 Å². The van der Waals surface area contributed by atoms with Crippen LogP contribution in [-0.2, 0) is 0 Å². The maximum absolute atomic E-state index is 11.2. The van der Waals surface area contributed by atoms with Gasteiger partial charge in [-0.2, -0.15) is 4.68 Å². The van der Waals surface area contributed by atoms with Gasteiger partial charge in [0.1, 0.15) is 0 Å². The fraction of sp³-hybridized carbons (Fsp3) is 0.105. The summed E-state index contributed by atoms with van der Waals surface area (Å²) in [5, 5.41) is 36.1. The van der Waals surface area contributed by atoms with Crippen LogP contribution in [0.1, 0.15) is 11.7 Å². The van der Waals surface area contributed by atoms with E-state index in [1.807, 2.05) is 42.5 Å². The van der Waals surface area contributed by atoms with Gasteiger partial charge in [-0.1, -0.05) is 60.3 Å². The lowest BCUT2D eigenvalue weighted by atomic mass is 10.1. The predicted octanol–water partition coefficient (Wildman–Crippen LogP) is 3.55. The molecular weight excluding hydrogens is 378 g/mol. The first-order valence-electron chi connectivity index (χ1n) is 8.46. The molecule has 4 aromatic rings. The van der Waals surface area contributed by atoms with E-state index in [2.05, 4.69) is 15.5 Å². The number of para-hydroxylation sites is 1. The molecule has 0 spiro atoms. The van der Waals surface area contributed by atoms with Crippen LogP contribution in [0, 0.1) is 10.1 Å². The fourth-order valence-corrected chi connectivity index (χ4v) is 3.83. The van der Waals surface area contributed by atoms with Gasteiger partial charge in [-0.3, -0.25) is 10.1 Å². The molecule has 1 unspecified atom stereocenters. The highest BCUT2D eigenvalue weighted by atomic mass is 32.2. The Kier molecular flexibility index (Phi) is 5.00. The number of tetrazole rings is 1. The van der Waals surface area contributed by atoms with E-state index in [1.165, 1.54) is 17.8 Å². The first kappa shape index (κ1) is 18.1. The van der Waals surface area contributed by atoms with E-state index < -0.39 is 11.0 Å². The summed E-state index contributed by atoms with van der Waals surface area (Å²) in [6.07, 6.45) is -1.02. The van der Waals surface area contributed by atoms with Crippen LogP contribution >= 0.6 is 11.8 Å². The minimum absolute atomic E-state index is 0.107. The van der Waals surface area contributed by atoms with Crippen molar-refractivity contribution in [1.29, 1.82) is 0 Å². The Morgan fingerprint density at radius 1 is 1.07 bits per heavy atom. The average molecular weight is 393 g/mol. The van der Waals surface area contributed by atoms with Crippen molar-refractivity contribution in [2.45, 2.75) is 11.3 Å². The van der Waals surface area contributed by atoms with Gasteiger partial charge in [0.2, 0.25) is 5.16 Å². The minimum atomic E-state index is -1.02. The molecule has 9 heteroatoms. The largest absolute Gasteiger partial charge is 0.387 e. The first-order valence-corrected chi connectivity index (χ1v) is 9.44. The molecule has 0 aliphatic carbocycles. The molecule has 1 N–H and O–H groups in total. The number of benzene rings is 3. The zero-order valence-electron chi connectivity index (χ0n) is 14.5. The molecule has 0 fully saturated rings. The number of nitro benzene ring substituents is 1. The molecule has 28 heavy (non-hydrogen) atoms. The summed E-state index contributed by atoms with van der Waals surface area (Å²) in [6, 6.07) is 19.9. The second kappa shape index (κ2) is 7.75. The summed E-state index contributed by atoms with van der Waals surface area (Å²) in [5.41, 5.74) is 0.985. The number of aromatic nitrogens is 4. The van der Waals surface area contributed by atoms with Gasteiger partial charge in [-0.15, -0.1) is 5.10 Å². The molecule has 1 heterocycles. The van der Waals surface area contributed by atoms with E-state index in [1.54, 1.807) is 22.9 Å². The van der Waals surface area contributed by atoms with Crippen molar-refractivity contribution in [3.8, 4) is 5.69 Å². The van der Waals surface area contributed by atoms with Crippen LogP contribution in [0.25, 0.3) is 16.5 Å². The Labute approximate surface area is 164 Å². The average Bonchev–Trinajstić information content (AvgIpc) is 3.20. The third-order valence-corrected chi connectivity index (χ3v) is 5.29. The fourth-order valence-electron chi connectivity index (χ4n) is 2.99. The number of aliphatic hydroxyl groups is 1. The van der Waals surface area contributed by atoms with Gasteiger partial charge in [0, 0.05) is 17.2 Å². The maximum atomic E-state index is 11.2. The van der Waals surface area contributed by atoms with Crippen LogP contribution in [0.15, 0.2) is 71.9 Å². The van der Waals surface area contributed by atoms with Gasteiger partial charge in [-0.05, 0) is 27.9 Å². The monoisotopic (exact) mass is 393 g/mol. The van der Waals surface area contributed by atoms with Crippen LogP contribution in [0.5, 0.6) is 0 Å². The number of thioether (sulfide) groups is 1. The summed E-state index contributed by atoms with van der Waals surface area (Å²) >= 11 is 1.23. The molecule has 1 atom stereocenters. The van der Waals surface area contributed by atoms with Crippen molar-refractivity contribution >= 4 is 28.2 Å². The van der Waals surface area contributed by atoms with Crippen molar-refractivity contribution < 1.29 is 10.0 Å². The van der Waals surface area contributed by atoms with Gasteiger partial charge in [0.05, 0.1) is 22.3 Å². The van der Waals surface area contributed by atoms with Crippen LogP contribution in [0.2, 0.25) is 0 Å². The Balaban J connectivity index is 1.60. The molecule has 140 valence electrons. The summed E-state index contributed by atoms with van der Waals surface area (Å²) < 4.78 is 1.61. The molecule has 4 rings (SSSR count). The van der Waals surface area contributed by atoms with Crippen molar-refractivity contribution in [2.24, 2.45) is 0 Å². The maximum Gasteiger partial charge on any atom is 0.275 e. The molecule has 0 bridgehead atoms. The van der Waals surface area contributed by atoms with E-state index in [4.69, 9.17) is 0 Å². The van der Waals surface area contributed by atoms with E-state index in [-0.39, 0.29) is 17.0 Å². The zero-order valence-corrected chi connectivity index (χ0v) is 15.4. The molecular formula is C19H15N5O3S. The Bertz CT molecular complexity index is 1140. The lowest BCUT2D eigenvalue weighted by Gasteiger charge is -2.11. The standard InChI is InChI=1S/C19H15N5O3S/c25-18(15-9-3-4-10-17(15)24(26)27)12-28-19-20-21-22-23(19)16-11-5-7-13-6-1-2-8-14(13)16/h1-11,18,25H,12H2. The van der Waals surface area contributed by atoms with Gasteiger partial charge in [-0.25, -0.2) is 0 Å². The molecule has 0 aliphatic heterocycles. The molecule has 0 saturated heterocycles. The Morgan fingerprint density at radius 3 is 2.68 bits per heavy atom. The summed E-state index contributed by atoms with van der Waals surface area (Å²) in [7, 11) is 0. The number of nitro groups is 1. The van der Waals surface area contributed by atoms with E-state index in [9.17, 15) is 15.2 Å². The summed E-state index contributed by atoms with van der Waals surface area (Å²) in [4.78, 5) is 10.7. The van der Waals surface area contributed by atoms with Crippen LogP contribution in [-0.4, -0.2) is 36.0 Å². The molecule has 0 saturated carbocycles. The summed E-state index contributed by atoms with van der Waals surface area (Å²) in [5.74, 6) is 0.177. The summed E-state index contributed by atoms with van der Waals surface area (Å²) in [6.45, 7) is 0. The van der Waals surface area contributed by atoms with Crippen LogP contribution in [0.3, 0.4) is 0 Å². The lowest BCUT2D eigenvalue weighted by molar-refractivity contribution is -0.386. The molecule has 1 aromatic heterocycles.